The summed E-state index contributed by atoms with van der Waals surface area (Å²) in [6, 6.07) is 1.12. The first-order valence-corrected chi connectivity index (χ1v) is 6.98. The molecule has 5 nitrogen and oxygen atoms in total. The van der Waals surface area contributed by atoms with E-state index in [2.05, 4.69) is 16.3 Å². The smallest absolute Gasteiger partial charge is 0.0875 e. The summed E-state index contributed by atoms with van der Waals surface area (Å²) < 4.78 is 0. The van der Waals surface area contributed by atoms with Gasteiger partial charge in [-0.2, -0.15) is 5.48 Å². The SMILES string of the molecule is NCCCC1CC2CCC3NNCC3C2ON1. The van der Waals surface area contributed by atoms with Crippen molar-refractivity contribution >= 4 is 0 Å². The molecule has 5 heteroatoms. The Morgan fingerprint density at radius 1 is 1.29 bits per heavy atom. The van der Waals surface area contributed by atoms with Crippen LogP contribution in [0.5, 0.6) is 0 Å². The molecular formula is C12H24N4O. The minimum absolute atomic E-state index is 0.394. The first kappa shape index (κ1) is 11.9. The van der Waals surface area contributed by atoms with Crippen molar-refractivity contribution < 1.29 is 4.84 Å². The Hall–Kier alpha value is -0.200. The first-order chi connectivity index (χ1) is 8.38. The van der Waals surface area contributed by atoms with Gasteiger partial charge in [0.25, 0.3) is 0 Å². The fourth-order valence-corrected chi connectivity index (χ4v) is 3.66. The summed E-state index contributed by atoms with van der Waals surface area (Å²) in [6.07, 6.45) is 6.46. The highest BCUT2D eigenvalue weighted by molar-refractivity contribution is 4.97. The Bertz CT molecular complexity index is 263. The number of hydrogen-bond donors (Lipinski definition) is 4. The van der Waals surface area contributed by atoms with Crippen LogP contribution in [0.3, 0.4) is 0 Å². The van der Waals surface area contributed by atoms with E-state index in [1.807, 2.05) is 0 Å². The van der Waals surface area contributed by atoms with Gasteiger partial charge in [-0.1, -0.05) is 0 Å². The molecule has 2 heterocycles. The van der Waals surface area contributed by atoms with E-state index in [-0.39, 0.29) is 0 Å². The fraction of sp³-hybridized carbons (Fsp3) is 1.00. The maximum Gasteiger partial charge on any atom is 0.0875 e. The molecule has 0 bridgehead atoms. The standard InChI is InChI=1S/C12H24N4O/c13-5-1-2-9-6-8-3-4-11-10(7-14-15-11)12(8)17-16-9/h8-12,14-16H,1-7,13H2. The third kappa shape index (κ3) is 2.35. The van der Waals surface area contributed by atoms with Gasteiger partial charge >= 0.3 is 0 Å². The fourth-order valence-electron chi connectivity index (χ4n) is 3.66. The van der Waals surface area contributed by atoms with Gasteiger partial charge < -0.3 is 5.73 Å². The molecule has 17 heavy (non-hydrogen) atoms. The van der Waals surface area contributed by atoms with E-state index in [4.69, 9.17) is 10.6 Å². The molecule has 1 aliphatic carbocycles. The third-order valence-corrected chi connectivity index (χ3v) is 4.59. The van der Waals surface area contributed by atoms with E-state index in [1.165, 1.54) is 19.3 Å². The third-order valence-electron chi connectivity index (χ3n) is 4.59. The minimum atomic E-state index is 0.394. The zero-order valence-corrected chi connectivity index (χ0v) is 10.3. The minimum Gasteiger partial charge on any atom is -0.330 e. The number of nitrogens with one attached hydrogen (secondary N) is 3. The number of fused-ring (bicyclic) bond motifs is 3. The van der Waals surface area contributed by atoms with Gasteiger partial charge in [-0.25, -0.2) is 0 Å². The lowest BCUT2D eigenvalue weighted by atomic mass is 9.73. The molecule has 3 rings (SSSR count). The van der Waals surface area contributed by atoms with Crippen LogP contribution in [-0.2, 0) is 4.84 Å². The predicted octanol–water partition coefficient (Wildman–Crippen LogP) is -0.110. The van der Waals surface area contributed by atoms with Crippen LogP contribution < -0.4 is 22.1 Å². The van der Waals surface area contributed by atoms with Gasteiger partial charge in [0.15, 0.2) is 0 Å². The monoisotopic (exact) mass is 240 g/mol. The van der Waals surface area contributed by atoms with Crippen molar-refractivity contribution in [2.75, 3.05) is 13.1 Å². The highest BCUT2D eigenvalue weighted by Gasteiger charge is 2.45. The van der Waals surface area contributed by atoms with Gasteiger partial charge in [0.05, 0.1) is 6.10 Å². The Balaban J connectivity index is 1.57. The van der Waals surface area contributed by atoms with E-state index in [1.54, 1.807) is 0 Å². The van der Waals surface area contributed by atoms with Gasteiger partial charge in [0, 0.05) is 24.5 Å². The summed E-state index contributed by atoms with van der Waals surface area (Å²) in [7, 11) is 0. The quantitative estimate of drug-likeness (QED) is 0.554. The second-order valence-corrected chi connectivity index (χ2v) is 5.70. The van der Waals surface area contributed by atoms with Crippen LogP contribution in [0.15, 0.2) is 0 Å². The van der Waals surface area contributed by atoms with Gasteiger partial charge in [-0.15, -0.1) is 0 Å². The molecule has 0 aromatic heterocycles. The number of rotatable bonds is 3. The average molecular weight is 240 g/mol. The molecule has 5 atom stereocenters. The molecule has 0 spiro atoms. The van der Waals surface area contributed by atoms with Crippen molar-refractivity contribution in [2.45, 2.75) is 50.3 Å². The molecule has 0 aromatic carbocycles. The van der Waals surface area contributed by atoms with Crippen LogP contribution in [0.25, 0.3) is 0 Å². The zero-order valence-electron chi connectivity index (χ0n) is 10.3. The molecule has 0 radical (unpaired) electrons. The van der Waals surface area contributed by atoms with Crippen LogP contribution in [0.1, 0.15) is 32.1 Å². The van der Waals surface area contributed by atoms with Gasteiger partial charge in [0.1, 0.15) is 0 Å². The van der Waals surface area contributed by atoms with Gasteiger partial charge in [0.2, 0.25) is 0 Å². The lowest BCUT2D eigenvalue weighted by Gasteiger charge is -2.44. The number of hydrazine groups is 1. The lowest BCUT2D eigenvalue weighted by molar-refractivity contribution is -0.150. The van der Waals surface area contributed by atoms with Crippen molar-refractivity contribution in [3.05, 3.63) is 0 Å². The Kier molecular flexibility index (Phi) is 3.63. The van der Waals surface area contributed by atoms with Crippen molar-refractivity contribution in [1.82, 2.24) is 16.3 Å². The van der Waals surface area contributed by atoms with Gasteiger partial charge in [-0.05, 0) is 44.6 Å². The Morgan fingerprint density at radius 3 is 3.12 bits per heavy atom. The number of nitrogens with two attached hydrogens (primary N) is 1. The summed E-state index contributed by atoms with van der Waals surface area (Å²) in [5, 5.41) is 0. The molecule has 2 aliphatic heterocycles. The lowest BCUT2D eigenvalue weighted by Crippen LogP contribution is -2.54. The molecule has 5 N–H and O–H groups in total. The summed E-state index contributed by atoms with van der Waals surface area (Å²) >= 11 is 0. The van der Waals surface area contributed by atoms with Gasteiger partial charge in [-0.3, -0.25) is 15.7 Å². The van der Waals surface area contributed by atoms with E-state index >= 15 is 0 Å². The van der Waals surface area contributed by atoms with Crippen LogP contribution in [0.4, 0.5) is 0 Å². The summed E-state index contributed by atoms with van der Waals surface area (Å²) in [5.41, 5.74) is 15.4. The summed E-state index contributed by atoms with van der Waals surface area (Å²) in [5.74, 6) is 1.37. The van der Waals surface area contributed by atoms with Crippen molar-refractivity contribution in [2.24, 2.45) is 17.6 Å². The maximum absolute atomic E-state index is 5.93. The maximum atomic E-state index is 5.93. The molecular weight excluding hydrogens is 216 g/mol. The predicted molar refractivity (Wildman–Crippen MR) is 65.8 cm³/mol. The molecule has 2 saturated heterocycles. The highest BCUT2D eigenvalue weighted by atomic mass is 16.7. The van der Waals surface area contributed by atoms with Crippen molar-refractivity contribution in [1.29, 1.82) is 0 Å². The molecule has 0 amide bonds. The normalized spacial score (nSPS) is 45.4. The molecule has 3 fully saturated rings. The summed E-state index contributed by atoms with van der Waals surface area (Å²) in [6.45, 7) is 1.83. The number of hydroxylamine groups is 1. The number of hydrogen-bond acceptors (Lipinski definition) is 5. The summed E-state index contributed by atoms with van der Waals surface area (Å²) in [4.78, 5) is 5.93. The topological polar surface area (TPSA) is 71.3 Å². The second-order valence-electron chi connectivity index (χ2n) is 5.70. The molecule has 1 saturated carbocycles. The van der Waals surface area contributed by atoms with Crippen LogP contribution in [0, 0.1) is 11.8 Å². The highest BCUT2D eigenvalue weighted by Crippen LogP contribution is 2.38. The van der Waals surface area contributed by atoms with Crippen LogP contribution in [-0.4, -0.2) is 31.3 Å². The van der Waals surface area contributed by atoms with Crippen molar-refractivity contribution in [3.63, 3.8) is 0 Å². The second kappa shape index (κ2) is 5.20. The van der Waals surface area contributed by atoms with Crippen LogP contribution >= 0.6 is 0 Å². The van der Waals surface area contributed by atoms with Crippen molar-refractivity contribution in [3.8, 4) is 0 Å². The molecule has 0 aromatic rings. The van der Waals surface area contributed by atoms with E-state index in [0.29, 0.717) is 24.1 Å². The zero-order chi connectivity index (χ0) is 11.7. The first-order valence-electron chi connectivity index (χ1n) is 6.98. The van der Waals surface area contributed by atoms with E-state index in [9.17, 15) is 0 Å². The average Bonchev–Trinajstić information content (AvgIpc) is 2.84. The van der Waals surface area contributed by atoms with E-state index in [0.717, 1.165) is 31.8 Å². The largest absolute Gasteiger partial charge is 0.330 e. The Morgan fingerprint density at radius 2 is 2.24 bits per heavy atom. The molecule has 3 aliphatic rings. The van der Waals surface area contributed by atoms with Crippen LogP contribution in [0.2, 0.25) is 0 Å². The molecule has 5 unspecified atom stereocenters. The van der Waals surface area contributed by atoms with E-state index < -0.39 is 0 Å². The Labute approximate surface area is 103 Å². The molecule has 98 valence electrons.